The van der Waals surface area contributed by atoms with E-state index in [1.54, 1.807) is 7.11 Å². The van der Waals surface area contributed by atoms with Crippen LogP contribution < -0.4 is 4.74 Å². The van der Waals surface area contributed by atoms with Gasteiger partial charge in [-0.25, -0.2) is 0 Å². The minimum Gasteiger partial charge on any atom is -0.496 e. The summed E-state index contributed by atoms with van der Waals surface area (Å²) in [5.74, 6) is 1.71. The van der Waals surface area contributed by atoms with E-state index in [4.69, 9.17) is 4.74 Å². The maximum absolute atomic E-state index is 9.17. The second-order valence-electron chi connectivity index (χ2n) is 4.93. The Kier molecular flexibility index (Phi) is 4.02. The number of hydrogen-bond donors (Lipinski definition) is 1. The highest BCUT2D eigenvalue weighted by atomic mass is 16.5. The molecule has 1 heterocycles. The summed E-state index contributed by atoms with van der Waals surface area (Å²) in [7, 11) is 1.70. The molecule has 0 amide bonds. The van der Waals surface area contributed by atoms with E-state index in [0.29, 0.717) is 0 Å². The molecule has 94 valence electrons. The van der Waals surface area contributed by atoms with Gasteiger partial charge in [0.05, 0.1) is 13.7 Å². The number of nitrogens with zero attached hydrogens (tertiary/aromatic N) is 1. The molecule has 1 aliphatic heterocycles. The Balaban J connectivity index is 2.12. The Morgan fingerprint density at radius 3 is 2.88 bits per heavy atom. The van der Waals surface area contributed by atoms with Gasteiger partial charge in [-0.2, -0.15) is 0 Å². The van der Waals surface area contributed by atoms with Crippen LogP contribution in [0.4, 0.5) is 0 Å². The van der Waals surface area contributed by atoms with Gasteiger partial charge in [-0.1, -0.05) is 13.0 Å². The second kappa shape index (κ2) is 5.52. The first-order valence-electron chi connectivity index (χ1n) is 6.22. The highest BCUT2D eigenvalue weighted by Crippen LogP contribution is 2.24. The Bertz CT molecular complexity index is 378. The second-order valence-corrected chi connectivity index (χ2v) is 4.93. The SMILES string of the molecule is COc1ccc(CO)cc1CN1CCC(C)C1. The third-order valence-corrected chi connectivity index (χ3v) is 3.43. The van der Waals surface area contributed by atoms with Gasteiger partial charge in [0.1, 0.15) is 5.75 Å². The van der Waals surface area contributed by atoms with Crippen LogP contribution in [0.3, 0.4) is 0 Å². The molecule has 0 aliphatic carbocycles. The maximum Gasteiger partial charge on any atom is 0.123 e. The normalized spacial score (nSPS) is 20.8. The molecule has 1 aromatic rings. The van der Waals surface area contributed by atoms with Crippen molar-refractivity contribution in [1.82, 2.24) is 4.90 Å². The van der Waals surface area contributed by atoms with E-state index in [0.717, 1.165) is 36.9 Å². The first-order valence-corrected chi connectivity index (χ1v) is 6.22. The van der Waals surface area contributed by atoms with Crippen LogP contribution in [0.15, 0.2) is 18.2 Å². The van der Waals surface area contributed by atoms with Crippen molar-refractivity contribution in [3.63, 3.8) is 0 Å². The molecule has 0 aromatic heterocycles. The van der Waals surface area contributed by atoms with Crippen LogP contribution in [0.25, 0.3) is 0 Å². The zero-order chi connectivity index (χ0) is 12.3. The van der Waals surface area contributed by atoms with Crippen LogP contribution in [-0.2, 0) is 13.2 Å². The summed E-state index contributed by atoms with van der Waals surface area (Å²) in [6, 6.07) is 5.90. The lowest BCUT2D eigenvalue weighted by atomic mass is 10.1. The van der Waals surface area contributed by atoms with Crippen molar-refractivity contribution in [2.75, 3.05) is 20.2 Å². The lowest BCUT2D eigenvalue weighted by molar-refractivity contribution is 0.280. The monoisotopic (exact) mass is 235 g/mol. The van der Waals surface area contributed by atoms with Gasteiger partial charge in [0.15, 0.2) is 0 Å². The summed E-state index contributed by atoms with van der Waals surface area (Å²) in [6.45, 7) is 5.62. The van der Waals surface area contributed by atoms with Crippen LogP contribution >= 0.6 is 0 Å². The van der Waals surface area contributed by atoms with Crippen molar-refractivity contribution in [2.24, 2.45) is 5.92 Å². The van der Waals surface area contributed by atoms with Crippen molar-refractivity contribution in [2.45, 2.75) is 26.5 Å². The molecule has 1 atom stereocenters. The van der Waals surface area contributed by atoms with Gasteiger partial charge in [0.2, 0.25) is 0 Å². The van der Waals surface area contributed by atoms with E-state index in [1.807, 2.05) is 18.2 Å². The zero-order valence-electron chi connectivity index (χ0n) is 10.6. The molecule has 3 nitrogen and oxygen atoms in total. The topological polar surface area (TPSA) is 32.7 Å². The van der Waals surface area contributed by atoms with Crippen molar-refractivity contribution >= 4 is 0 Å². The van der Waals surface area contributed by atoms with Gasteiger partial charge in [0, 0.05) is 18.7 Å². The molecule has 0 saturated carbocycles. The first kappa shape index (κ1) is 12.4. The van der Waals surface area contributed by atoms with Crippen molar-refractivity contribution < 1.29 is 9.84 Å². The molecule has 1 N–H and O–H groups in total. The lowest BCUT2D eigenvalue weighted by Crippen LogP contribution is -2.20. The first-order chi connectivity index (χ1) is 8.22. The van der Waals surface area contributed by atoms with Gasteiger partial charge in [-0.05, 0) is 36.6 Å². The molecule has 1 aromatic carbocycles. The van der Waals surface area contributed by atoms with E-state index in [9.17, 15) is 5.11 Å². The van der Waals surface area contributed by atoms with E-state index >= 15 is 0 Å². The Hall–Kier alpha value is -1.06. The Morgan fingerprint density at radius 2 is 2.29 bits per heavy atom. The van der Waals surface area contributed by atoms with Gasteiger partial charge in [-0.3, -0.25) is 4.90 Å². The third-order valence-electron chi connectivity index (χ3n) is 3.43. The van der Waals surface area contributed by atoms with Crippen LogP contribution in [-0.4, -0.2) is 30.2 Å². The number of aliphatic hydroxyl groups is 1. The number of aliphatic hydroxyl groups excluding tert-OH is 1. The van der Waals surface area contributed by atoms with E-state index in [2.05, 4.69) is 11.8 Å². The summed E-state index contributed by atoms with van der Waals surface area (Å²) in [5, 5.41) is 9.17. The highest BCUT2D eigenvalue weighted by Gasteiger charge is 2.19. The number of methoxy groups -OCH3 is 1. The average molecular weight is 235 g/mol. The van der Waals surface area contributed by atoms with Gasteiger partial charge >= 0.3 is 0 Å². The average Bonchev–Trinajstić information content (AvgIpc) is 2.74. The number of benzene rings is 1. The summed E-state index contributed by atoms with van der Waals surface area (Å²) in [6.07, 6.45) is 1.28. The van der Waals surface area contributed by atoms with Gasteiger partial charge in [0.25, 0.3) is 0 Å². The summed E-state index contributed by atoms with van der Waals surface area (Å²) in [5.41, 5.74) is 2.13. The molecule has 3 heteroatoms. The minimum atomic E-state index is 0.0907. The third kappa shape index (κ3) is 2.99. The molecule has 1 aliphatic rings. The van der Waals surface area contributed by atoms with Crippen LogP contribution in [0.1, 0.15) is 24.5 Å². The Labute approximate surface area is 103 Å². The predicted molar refractivity (Wildman–Crippen MR) is 68.0 cm³/mol. The Morgan fingerprint density at radius 1 is 1.47 bits per heavy atom. The van der Waals surface area contributed by atoms with Crippen LogP contribution in [0, 0.1) is 5.92 Å². The fourth-order valence-corrected chi connectivity index (χ4v) is 2.46. The molecular formula is C14H21NO2. The van der Waals surface area contributed by atoms with E-state index in [1.165, 1.54) is 12.0 Å². The smallest absolute Gasteiger partial charge is 0.123 e. The highest BCUT2D eigenvalue weighted by molar-refractivity contribution is 5.37. The standard InChI is InChI=1S/C14H21NO2/c1-11-5-6-15(8-11)9-13-7-12(10-16)3-4-14(13)17-2/h3-4,7,11,16H,5-6,8-10H2,1-2H3. The van der Waals surface area contributed by atoms with Crippen LogP contribution in [0.2, 0.25) is 0 Å². The molecule has 0 radical (unpaired) electrons. The molecule has 17 heavy (non-hydrogen) atoms. The van der Waals surface area contributed by atoms with Crippen LogP contribution in [0.5, 0.6) is 5.75 Å². The minimum absolute atomic E-state index is 0.0907. The number of likely N-dealkylation sites (tertiary alicyclic amines) is 1. The largest absolute Gasteiger partial charge is 0.496 e. The lowest BCUT2D eigenvalue weighted by Gasteiger charge is -2.18. The van der Waals surface area contributed by atoms with Crippen molar-refractivity contribution in [3.05, 3.63) is 29.3 Å². The number of hydrogen-bond acceptors (Lipinski definition) is 3. The molecule has 0 spiro atoms. The molecule has 1 fully saturated rings. The molecule has 2 rings (SSSR count). The molecular weight excluding hydrogens is 214 g/mol. The number of ether oxygens (including phenoxy) is 1. The molecule has 0 bridgehead atoms. The van der Waals surface area contributed by atoms with Gasteiger partial charge < -0.3 is 9.84 Å². The van der Waals surface area contributed by atoms with E-state index in [-0.39, 0.29) is 6.61 Å². The molecule has 1 unspecified atom stereocenters. The maximum atomic E-state index is 9.17. The van der Waals surface area contributed by atoms with Crippen molar-refractivity contribution in [3.8, 4) is 5.75 Å². The summed E-state index contributed by atoms with van der Waals surface area (Å²) < 4.78 is 5.37. The summed E-state index contributed by atoms with van der Waals surface area (Å²) in [4.78, 5) is 2.45. The predicted octanol–water partition coefficient (Wildman–Crippen LogP) is 2.03. The quantitative estimate of drug-likeness (QED) is 0.866. The number of rotatable bonds is 4. The van der Waals surface area contributed by atoms with E-state index < -0.39 is 0 Å². The fraction of sp³-hybridized carbons (Fsp3) is 0.571. The fourth-order valence-electron chi connectivity index (χ4n) is 2.46. The van der Waals surface area contributed by atoms with Crippen molar-refractivity contribution in [1.29, 1.82) is 0 Å². The van der Waals surface area contributed by atoms with Gasteiger partial charge in [-0.15, -0.1) is 0 Å². The zero-order valence-corrected chi connectivity index (χ0v) is 10.6. The summed E-state index contributed by atoms with van der Waals surface area (Å²) >= 11 is 0. The molecule has 1 saturated heterocycles.